The molecular formula is C23H29ClN6O2. The van der Waals surface area contributed by atoms with Gasteiger partial charge in [0, 0.05) is 49.3 Å². The normalized spacial score (nSPS) is 17.7. The number of rotatable bonds is 6. The molecule has 2 heterocycles. The fourth-order valence-electron chi connectivity index (χ4n) is 3.88. The van der Waals surface area contributed by atoms with E-state index in [1.807, 2.05) is 26.8 Å². The number of amides is 2. The molecule has 1 aromatic carbocycles. The summed E-state index contributed by atoms with van der Waals surface area (Å²) in [6, 6.07) is 7.31. The summed E-state index contributed by atoms with van der Waals surface area (Å²) >= 11 is 6.37. The number of hydrogen-bond acceptors (Lipinski definition) is 6. The first-order valence-corrected chi connectivity index (χ1v) is 11.4. The Bertz CT molecular complexity index is 997. The summed E-state index contributed by atoms with van der Waals surface area (Å²) in [7, 11) is 0. The molecule has 0 radical (unpaired) electrons. The summed E-state index contributed by atoms with van der Waals surface area (Å²) in [6.07, 6.45) is 2.15. The van der Waals surface area contributed by atoms with Crippen molar-refractivity contribution in [3.8, 4) is 0 Å². The van der Waals surface area contributed by atoms with Crippen molar-refractivity contribution < 1.29 is 9.59 Å². The van der Waals surface area contributed by atoms with Crippen molar-refractivity contribution in [1.82, 2.24) is 25.1 Å². The number of anilines is 2. The lowest BCUT2D eigenvalue weighted by atomic mass is 10.1. The van der Waals surface area contributed by atoms with Crippen LogP contribution in [0.4, 0.5) is 11.6 Å². The second-order valence-corrected chi connectivity index (χ2v) is 8.99. The number of halogens is 1. The number of benzene rings is 1. The average molecular weight is 457 g/mol. The number of aromatic nitrogens is 2. The molecule has 1 aliphatic carbocycles. The van der Waals surface area contributed by atoms with Crippen LogP contribution in [0.2, 0.25) is 5.02 Å². The summed E-state index contributed by atoms with van der Waals surface area (Å²) < 4.78 is 0. The predicted octanol–water partition coefficient (Wildman–Crippen LogP) is 2.92. The molecule has 2 amide bonds. The Kier molecular flexibility index (Phi) is 6.62. The van der Waals surface area contributed by atoms with Gasteiger partial charge in [-0.2, -0.15) is 0 Å². The molecule has 8 nitrogen and oxygen atoms in total. The third-order valence-corrected chi connectivity index (χ3v) is 6.22. The molecule has 4 rings (SSSR count). The Hall–Kier alpha value is -2.71. The van der Waals surface area contributed by atoms with Gasteiger partial charge in [-0.05, 0) is 57.9 Å². The van der Waals surface area contributed by atoms with Gasteiger partial charge >= 0.3 is 0 Å². The van der Waals surface area contributed by atoms with E-state index in [1.165, 1.54) is 0 Å². The lowest BCUT2D eigenvalue weighted by Gasteiger charge is -2.37. The number of carbonyl (C=O) groups is 2. The third kappa shape index (κ3) is 5.37. The van der Waals surface area contributed by atoms with Crippen molar-refractivity contribution in [2.45, 2.75) is 45.7 Å². The van der Waals surface area contributed by atoms with Gasteiger partial charge in [0.05, 0.1) is 16.6 Å². The molecular weight excluding hydrogens is 428 g/mol. The highest BCUT2D eigenvalue weighted by molar-refractivity contribution is 6.34. The molecule has 0 spiro atoms. The summed E-state index contributed by atoms with van der Waals surface area (Å²) in [6.45, 7) is 8.14. The highest BCUT2D eigenvalue weighted by Gasteiger charge is 2.31. The van der Waals surface area contributed by atoms with E-state index >= 15 is 0 Å². The molecule has 2 aromatic rings. The first-order valence-electron chi connectivity index (χ1n) is 11.0. The maximum absolute atomic E-state index is 13.2. The van der Waals surface area contributed by atoms with Crippen LogP contribution in [0.15, 0.2) is 24.3 Å². The second-order valence-electron chi connectivity index (χ2n) is 8.58. The summed E-state index contributed by atoms with van der Waals surface area (Å²) in [4.78, 5) is 38.2. The Morgan fingerprint density at radius 3 is 2.34 bits per heavy atom. The van der Waals surface area contributed by atoms with Crippen molar-refractivity contribution in [3.05, 3.63) is 46.2 Å². The van der Waals surface area contributed by atoms with Crippen LogP contribution in [-0.4, -0.2) is 69.8 Å². The molecule has 9 heteroatoms. The van der Waals surface area contributed by atoms with Gasteiger partial charge < -0.3 is 15.5 Å². The lowest BCUT2D eigenvalue weighted by Crippen LogP contribution is -2.55. The molecule has 1 saturated heterocycles. The van der Waals surface area contributed by atoms with E-state index in [0.29, 0.717) is 54.4 Å². The zero-order valence-electron chi connectivity index (χ0n) is 18.7. The molecule has 1 aromatic heterocycles. The lowest BCUT2D eigenvalue weighted by molar-refractivity contribution is -0.126. The Morgan fingerprint density at radius 2 is 1.72 bits per heavy atom. The standard InChI is InChI=1S/C23H29ClN6O2/c1-14-12-15(2)26-23(25-14)28-18-6-7-20(24)19(13-18)22(32)30-10-8-29(9-11-30)16(3)21(31)27-17-4-5-17/h6-7,12-13,16-17H,4-5,8-11H2,1-3H3,(H,27,31)(H,25,26,28). The molecule has 1 aliphatic heterocycles. The minimum Gasteiger partial charge on any atom is -0.352 e. The summed E-state index contributed by atoms with van der Waals surface area (Å²) in [5.41, 5.74) is 2.87. The molecule has 2 fully saturated rings. The molecule has 0 bridgehead atoms. The summed E-state index contributed by atoms with van der Waals surface area (Å²) in [5.74, 6) is 0.438. The minimum absolute atomic E-state index is 0.0719. The fourth-order valence-corrected chi connectivity index (χ4v) is 4.07. The van der Waals surface area contributed by atoms with Crippen LogP contribution in [0.1, 0.15) is 41.5 Å². The Labute approximate surface area is 193 Å². The number of aryl methyl sites for hydroxylation is 2. The van der Waals surface area contributed by atoms with Crippen molar-refractivity contribution >= 4 is 35.1 Å². The van der Waals surface area contributed by atoms with Crippen LogP contribution in [0.5, 0.6) is 0 Å². The van der Waals surface area contributed by atoms with E-state index < -0.39 is 0 Å². The van der Waals surface area contributed by atoms with E-state index in [-0.39, 0.29) is 17.9 Å². The van der Waals surface area contributed by atoms with E-state index in [4.69, 9.17) is 11.6 Å². The second kappa shape index (κ2) is 9.42. The molecule has 1 saturated carbocycles. The molecule has 1 atom stereocenters. The monoisotopic (exact) mass is 456 g/mol. The maximum Gasteiger partial charge on any atom is 0.255 e. The number of carbonyl (C=O) groups excluding carboxylic acids is 2. The van der Waals surface area contributed by atoms with Crippen LogP contribution in [-0.2, 0) is 4.79 Å². The molecule has 2 N–H and O–H groups in total. The average Bonchev–Trinajstić information content (AvgIpc) is 3.57. The highest BCUT2D eigenvalue weighted by Crippen LogP contribution is 2.25. The van der Waals surface area contributed by atoms with E-state index in [1.54, 1.807) is 23.1 Å². The van der Waals surface area contributed by atoms with Gasteiger partial charge in [0.1, 0.15) is 0 Å². The van der Waals surface area contributed by atoms with Gasteiger partial charge in [0.15, 0.2) is 0 Å². The quantitative estimate of drug-likeness (QED) is 0.694. The molecule has 2 aliphatic rings. The van der Waals surface area contributed by atoms with Crippen LogP contribution in [0.25, 0.3) is 0 Å². The maximum atomic E-state index is 13.2. The van der Waals surface area contributed by atoms with E-state index in [2.05, 4.69) is 25.5 Å². The third-order valence-electron chi connectivity index (χ3n) is 5.89. The van der Waals surface area contributed by atoms with Crippen LogP contribution >= 0.6 is 11.6 Å². The zero-order valence-corrected chi connectivity index (χ0v) is 19.4. The van der Waals surface area contributed by atoms with E-state index in [9.17, 15) is 9.59 Å². The topological polar surface area (TPSA) is 90.5 Å². The largest absolute Gasteiger partial charge is 0.352 e. The van der Waals surface area contributed by atoms with Gasteiger partial charge in [0.2, 0.25) is 11.9 Å². The first kappa shape index (κ1) is 22.5. The van der Waals surface area contributed by atoms with Gasteiger partial charge in [0.25, 0.3) is 5.91 Å². The van der Waals surface area contributed by atoms with Crippen molar-refractivity contribution in [2.75, 3.05) is 31.5 Å². The van der Waals surface area contributed by atoms with Crippen LogP contribution in [0, 0.1) is 13.8 Å². The fraction of sp³-hybridized carbons (Fsp3) is 0.478. The minimum atomic E-state index is -0.193. The number of hydrogen-bond donors (Lipinski definition) is 2. The van der Waals surface area contributed by atoms with Crippen LogP contribution < -0.4 is 10.6 Å². The molecule has 32 heavy (non-hydrogen) atoms. The highest BCUT2D eigenvalue weighted by atomic mass is 35.5. The smallest absolute Gasteiger partial charge is 0.255 e. The number of piperazine rings is 1. The van der Waals surface area contributed by atoms with Gasteiger partial charge in [-0.15, -0.1) is 0 Å². The van der Waals surface area contributed by atoms with Crippen LogP contribution in [0.3, 0.4) is 0 Å². The predicted molar refractivity (Wildman–Crippen MR) is 124 cm³/mol. The Balaban J connectivity index is 1.39. The number of nitrogens with one attached hydrogen (secondary N) is 2. The van der Waals surface area contributed by atoms with Gasteiger partial charge in [-0.1, -0.05) is 11.6 Å². The van der Waals surface area contributed by atoms with Crippen molar-refractivity contribution in [1.29, 1.82) is 0 Å². The molecule has 170 valence electrons. The SMILES string of the molecule is Cc1cc(C)nc(Nc2ccc(Cl)c(C(=O)N3CCN(C(C)C(=O)NC4CC4)CC3)c2)n1. The summed E-state index contributed by atoms with van der Waals surface area (Å²) in [5, 5.41) is 6.62. The van der Waals surface area contributed by atoms with Gasteiger partial charge in [-0.3, -0.25) is 14.5 Å². The Morgan fingerprint density at radius 1 is 1.06 bits per heavy atom. The van der Waals surface area contributed by atoms with E-state index in [0.717, 1.165) is 24.2 Å². The van der Waals surface area contributed by atoms with Crippen molar-refractivity contribution in [3.63, 3.8) is 0 Å². The number of nitrogens with zero attached hydrogens (tertiary/aromatic N) is 4. The van der Waals surface area contributed by atoms with Gasteiger partial charge in [-0.25, -0.2) is 9.97 Å². The van der Waals surface area contributed by atoms with Crippen molar-refractivity contribution in [2.24, 2.45) is 0 Å². The first-order chi connectivity index (χ1) is 15.3. The zero-order chi connectivity index (χ0) is 22.8. The molecule has 1 unspecified atom stereocenters.